The Labute approximate surface area is 264 Å². The van der Waals surface area contributed by atoms with Crippen LogP contribution in [0.15, 0.2) is 97.2 Å². The first-order valence-electron chi connectivity index (χ1n) is 15.6. The van der Waals surface area contributed by atoms with Crippen molar-refractivity contribution in [1.29, 1.82) is 0 Å². The number of ether oxygens (including phenoxy) is 2. The van der Waals surface area contributed by atoms with Crippen molar-refractivity contribution in [3.05, 3.63) is 97.2 Å². The van der Waals surface area contributed by atoms with E-state index >= 15 is 0 Å². The second-order valence-electron chi connectivity index (χ2n) is 9.85. The molecule has 0 radical (unpaired) electrons. The first kappa shape index (κ1) is 41.0. The predicted octanol–water partition coefficient (Wildman–Crippen LogP) is 8.72. The zero-order chi connectivity index (χ0) is 32.6. The van der Waals surface area contributed by atoms with Gasteiger partial charge in [0.25, 0.3) is 0 Å². The number of carbonyl (C=O) groups is 2. The third kappa shape index (κ3) is 31.9. The Kier molecular flexibility index (Phi) is 27.9. The van der Waals surface area contributed by atoms with Crippen LogP contribution in [0.4, 0.5) is 0 Å². The first-order valence-corrected chi connectivity index (χ1v) is 17.2. The Balaban J connectivity index is 4.25. The maximum absolute atomic E-state index is 12.3. The van der Waals surface area contributed by atoms with Crippen molar-refractivity contribution < 1.29 is 37.9 Å². The minimum atomic E-state index is -4.77. The van der Waals surface area contributed by atoms with Gasteiger partial charge in [-0.2, -0.15) is 0 Å². The second-order valence-corrected chi connectivity index (χ2v) is 11.1. The van der Waals surface area contributed by atoms with E-state index in [1.165, 1.54) is 0 Å². The van der Waals surface area contributed by atoms with Gasteiger partial charge in [-0.25, -0.2) is 4.57 Å². The monoisotopic (exact) mass is 632 g/mol. The van der Waals surface area contributed by atoms with Gasteiger partial charge in [-0.05, 0) is 44.9 Å². The highest BCUT2D eigenvalue weighted by molar-refractivity contribution is 7.46. The number of hydrogen-bond donors (Lipinski definition) is 2. The summed E-state index contributed by atoms with van der Waals surface area (Å²) in [5.74, 6) is -1.01. The van der Waals surface area contributed by atoms with Gasteiger partial charge >= 0.3 is 19.8 Å². The van der Waals surface area contributed by atoms with Crippen LogP contribution in [0.1, 0.15) is 90.9 Å². The quantitative estimate of drug-likeness (QED) is 0.0421. The molecule has 0 aliphatic rings. The number of phosphoric acid groups is 1. The van der Waals surface area contributed by atoms with E-state index in [1.54, 1.807) is 0 Å². The van der Waals surface area contributed by atoms with E-state index in [9.17, 15) is 14.2 Å². The van der Waals surface area contributed by atoms with E-state index < -0.39 is 32.5 Å². The number of unbranched alkanes of at least 4 members (excludes halogenated alkanes) is 6. The number of hydrogen-bond acceptors (Lipinski definition) is 6. The van der Waals surface area contributed by atoms with Gasteiger partial charge in [-0.3, -0.25) is 14.1 Å². The molecule has 0 rings (SSSR count). The average molecular weight is 633 g/mol. The molecule has 246 valence electrons. The number of rotatable bonds is 26. The molecule has 44 heavy (non-hydrogen) atoms. The molecule has 1 unspecified atom stereocenters. The normalized spacial score (nSPS) is 13.8. The molecule has 8 nitrogen and oxygen atoms in total. The summed E-state index contributed by atoms with van der Waals surface area (Å²) in [5.41, 5.74) is 0. The minimum Gasteiger partial charge on any atom is -0.462 e. The number of carbonyl (C=O) groups excluding carboxylic acids is 2. The topological polar surface area (TPSA) is 119 Å². The number of phosphoric ester groups is 1. The highest BCUT2D eigenvalue weighted by Crippen LogP contribution is 2.35. The average Bonchev–Trinajstić information content (AvgIpc) is 2.98. The van der Waals surface area contributed by atoms with Gasteiger partial charge in [0.1, 0.15) is 6.61 Å². The molecule has 0 aliphatic heterocycles. The van der Waals surface area contributed by atoms with E-state index in [-0.39, 0.29) is 19.4 Å². The molecule has 0 spiro atoms. The third-order valence-electron chi connectivity index (χ3n) is 5.79. The highest BCUT2D eigenvalue weighted by atomic mass is 31.2. The van der Waals surface area contributed by atoms with Crippen molar-refractivity contribution >= 4 is 19.8 Å². The van der Waals surface area contributed by atoms with Crippen LogP contribution >= 0.6 is 7.82 Å². The molecule has 0 heterocycles. The molecule has 2 N–H and O–H groups in total. The maximum atomic E-state index is 12.3. The lowest BCUT2D eigenvalue weighted by Gasteiger charge is -2.18. The standard InChI is InChI=1S/C35H53O8P/c1-3-5-7-9-11-13-15-17-19-21-23-25-27-29-34(36)41-31-33(32-42-44(38,39)40)43-35(37)30-28-26-24-22-20-18-16-14-12-10-8-6-4-2/h5-17,19,21,23,33H,3-4,18,20,22,24-32H2,1-2H3,(H2,38,39,40)/b7-5+,8-6+,11-9+,12-10+,15-13+,16-14+,19-17+,23-21+. The summed E-state index contributed by atoms with van der Waals surface area (Å²) < 4.78 is 26.1. The van der Waals surface area contributed by atoms with Crippen LogP contribution in [-0.2, 0) is 28.2 Å². The van der Waals surface area contributed by atoms with E-state index in [0.717, 1.165) is 44.9 Å². The van der Waals surface area contributed by atoms with E-state index in [4.69, 9.17) is 19.3 Å². The van der Waals surface area contributed by atoms with Gasteiger partial charge < -0.3 is 19.3 Å². The van der Waals surface area contributed by atoms with Crippen molar-refractivity contribution in [2.45, 2.75) is 97.0 Å². The molecule has 0 fully saturated rings. The molecule has 0 aromatic rings. The molecule has 0 bridgehead atoms. The molecule has 1 atom stereocenters. The third-order valence-corrected chi connectivity index (χ3v) is 6.27. The molecule has 9 heteroatoms. The lowest BCUT2D eigenvalue weighted by atomic mass is 10.1. The second kappa shape index (κ2) is 30.0. The van der Waals surface area contributed by atoms with Crippen LogP contribution in [0.25, 0.3) is 0 Å². The van der Waals surface area contributed by atoms with Crippen LogP contribution in [-0.4, -0.2) is 41.0 Å². The Morgan fingerprint density at radius 3 is 1.59 bits per heavy atom. The summed E-state index contributed by atoms with van der Waals surface area (Å²) >= 11 is 0. The lowest BCUT2D eigenvalue weighted by Crippen LogP contribution is -2.29. The zero-order valence-electron chi connectivity index (χ0n) is 26.5. The number of allylic oxidation sites excluding steroid dienone is 16. The molecule has 0 aromatic carbocycles. The maximum Gasteiger partial charge on any atom is 0.469 e. The van der Waals surface area contributed by atoms with Crippen LogP contribution in [0.3, 0.4) is 0 Å². The van der Waals surface area contributed by atoms with Gasteiger partial charge in [-0.15, -0.1) is 0 Å². The summed E-state index contributed by atoms with van der Waals surface area (Å²) in [5, 5.41) is 0. The van der Waals surface area contributed by atoms with Crippen molar-refractivity contribution in [3.8, 4) is 0 Å². The fourth-order valence-electron chi connectivity index (χ4n) is 3.52. The van der Waals surface area contributed by atoms with Crippen molar-refractivity contribution in [1.82, 2.24) is 0 Å². The zero-order valence-corrected chi connectivity index (χ0v) is 27.4. The molecular weight excluding hydrogens is 579 g/mol. The number of esters is 2. The fraction of sp³-hybridized carbons (Fsp3) is 0.486. The molecular formula is C35H53O8P. The van der Waals surface area contributed by atoms with Crippen LogP contribution < -0.4 is 0 Å². The SMILES string of the molecule is CC/C=C/C=C/C=C/C=C/C=C/CCCC(=O)OCC(COP(=O)(O)O)OC(=O)CCCCCCC/C=C/C=C/C=C/CC. The van der Waals surface area contributed by atoms with Crippen molar-refractivity contribution in [2.24, 2.45) is 0 Å². The minimum absolute atomic E-state index is 0.160. The largest absolute Gasteiger partial charge is 0.469 e. The Hall–Kier alpha value is -3.03. The molecule has 0 aromatic heterocycles. The van der Waals surface area contributed by atoms with E-state index in [1.807, 2.05) is 79.0 Å². The van der Waals surface area contributed by atoms with Gasteiger partial charge in [-0.1, -0.05) is 130 Å². The van der Waals surface area contributed by atoms with Gasteiger partial charge in [0, 0.05) is 12.8 Å². The summed E-state index contributed by atoms with van der Waals surface area (Å²) in [4.78, 5) is 42.4. The van der Waals surface area contributed by atoms with Crippen LogP contribution in [0, 0.1) is 0 Å². The van der Waals surface area contributed by atoms with Gasteiger partial charge in [0.05, 0.1) is 6.61 Å². The summed E-state index contributed by atoms with van der Waals surface area (Å²) in [6, 6.07) is 0. The molecule has 0 amide bonds. The lowest BCUT2D eigenvalue weighted by molar-refractivity contribution is -0.161. The molecule has 0 saturated carbocycles. The molecule has 0 aliphatic carbocycles. The van der Waals surface area contributed by atoms with Crippen molar-refractivity contribution in [2.75, 3.05) is 13.2 Å². The van der Waals surface area contributed by atoms with Gasteiger partial charge in [0.15, 0.2) is 6.10 Å². The van der Waals surface area contributed by atoms with Crippen LogP contribution in [0.2, 0.25) is 0 Å². The predicted molar refractivity (Wildman–Crippen MR) is 179 cm³/mol. The highest BCUT2D eigenvalue weighted by Gasteiger charge is 2.22. The van der Waals surface area contributed by atoms with E-state index in [2.05, 4.69) is 36.6 Å². The Bertz CT molecular complexity index is 1030. The van der Waals surface area contributed by atoms with E-state index in [0.29, 0.717) is 19.3 Å². The molecule has 0 saturated heterocycles. The first-order chi connectivity index (χ1) is 21.3. The summed E-state index contributed by atoms with van der Waals surface area (Å²) in [6.07, 6.45) is 40.0. The Morgan fingerprint density at radius 1 is 0.591 bits per heavy atom. The van der Waals surface area contributed by atoms with Crippen LogP contribution in [0.5, 0.6) is 0 Å². The van der Waals surface area contributed by atoms with Gasteiger partial charge in [0.2, 0.25) is 0 Å². The van der Waals surface area contributed by atoms with Crippen molar-refractivity contribution in [3.63, 3.8) is 0 Å². The summed E-state index contributed by atoms with van der Waals surface area (Å²) in [6.45, 7) is 3.27. The Morgan fingerprint density at radius 2 is 1.05 bits per heavy atom. The fourth-order valence-corrected chi connectivity index (χ4v) is 3.88. The summed E-state index contributed by atoms with van der Waals surface area (Å²) in [7, 11) is -4.77. The smallest absolute Gasteiger partial charge is 0.462 e.